The van der Waals surface area contributed by atoms with Crippen LogP contribution in [0, 0.1) is 5.92 Å². The van der Waals surface area contributed by atoms with Gasteiger partial charge in [0.1, 0.15) is 5.56 Å². The van der Waals surface area contributed by atoms with Crippen molar-refractivity contribution in [2.75, 3.05) is 5.32 Å². The van der Waals surface area contributed by atoms with E-state index in [2.05, 4.69) is 20.4 Å². The fourth-order valence-electron chi connectivity index (χ4n) is 5.04. The van der Waals surface area contributed by atoms with Crippen LogP contribution in [-0.2, 0) is 18.9 Å². The Bertz CT molecular complexity index is 1650. The monoisotopic (exact) mass is 564 g/mol. The Morgan fingerprint density at radius 1 is 0.950 bits per heavy atom. The Morgan fingerprint density at radius 2 is 1.73 bits per heavy atom. The summed E-state index contributed by atoms with van der Waals surface area (Å²) in [5.74, 6) is -0.0192. The van der Waals surface area contributed by atoms with E-state index in [0.29, 0.717) is 42.4 Å². The Morgan fingerprint density at radius 3 is 2.42 bits per heavy atom. The number of alkyl halides is 6. The van der Waals surface area contributed by atoms with Crippen molar-refractivity contribution in [2.24, 2.45) is 5.92 Å². The average molecular weight is 564 g/mol. The zero-order valence-corrected chi connectivity index (χ0v) is 20.7. The quantitative estimate of drug-likeness (QED) is 0.321. The van der Waals surface area contributed by atoms with E-state index in [1.54, 1.807) is 18.3 Å². The number of nitrogens with zero attached hydrogens (tertiary/aromatic N) is 4. The van der Waals surface area contributed by atoms with Crippen LogP contribution in [0.25, 0.3) is 22.3 Å². The van der Waals surface area contributed by atoms with E-state index in [9.17, 15) is 35.9 Å². The minimum absolute atomic E-state index is 0.0192. The number of rotatable bonds is 5. The van der Waals surface area contributed by atoms with E-state index in [1.807, 2.05) is 5.10 Å². The van der Waals surface area contributed by atoms with Gasteiger partial charge in [0.05, 0.1) is 39.7 Å². The molecule has 5 rings (SSSR count). The van der Waals surface area contributed by atoms with Crippen LogP contribution in [-0.4, -0.2) is 30.8 Å². The normalized spacial score (nSPS) is 18.1. The van der Waals surface area contributed by atoms with Crippen LogP contribution in [0.1, 0.15) is 36.8 Å². The molecule has 0 aliphatic heterocycles. The summed E-state index contributed by atoms with van der Waals surface area (Å²) < 4.78 is 80.2. The van der Waals surface area contributed by atoms with E-state index < -0.39 is 29.0 Å². The fourth-order valence-corrected chi connectivity index (χ4v) is 5.04. The summed E-state index contributed by atoms with van der Waals surface area (Å²) in [5.41, 5.74) is -3.33. The van der Waals surface area contributed by atoms with Gasteiger partial charge in [-0.15, -0.1) is 0 Å². The van der Waals surface area contributed by atoms with Gasteiger partial charge in [-0.1, -0.05) is 6.42 Å². The molecular weight excluding hydrogens is 542 g/mol. The number of hydrogen-bond donors (Lipinski definition) is 2. The molecule has 1 aliphatic rings. The van der Waals surface area contributed by atoms with Gasteiger partial charge in [-0.2, -0.15) is 31.4 Å². The van der Waals surface area contributed by atoms with Gasteiger partial charge in [0.15, 0.2) is 0 Å². The molecule has 0 unspecified atom stereocenters. The molecule has 210 valence electrons. The topological polar surface area (TPSA) is 106 Å². The maximum atomic E-state index is 13.4. The number of fused-ring (bicyclic) bond motifs is 1. The second-order valence-electron chi connectivity index (χ2n) is 9.69. The highest BCUT2D eigenvalue weighted by Gasteiger charge is 2.38. The lowest BCUT2D eigenvalue weighted by Gasteiger charge is -2.31. The van der Waals surface area contributed by atoms with Gasteiger partial charge in [0, 0.05) is 25.0 Å². The van der Waals surface area contributed by atoms with Crippen molar-refractivity contribution in [3.05, 3.63) is 80.8 Å². The maximum Gasteiger partial charge on any atom is 0.423 e. The molecule has 8 nitrogen and oxygen atoms in total. The predicted molar refractivity (Wildman–Crippen MR) is 133 cm³/mol. The second-order valence-corrected chi connectivity index (χ2v) is 9.69. The Labute approximate surface area is 222 Å². The van der Waals surface area contributed by atoms with Crippen LogP contribution in [0.2, 0.25) is 0 Å². The SMILES string of the molecule is O=c1[nH]ncc(N[C@H]2CCC[C@@H](Cn3ccc4nc(-c5ccc(C(F)(F)F)cn5)ccc4c3=O)C2)c1C(F)(F)F. The van der Waals surface area contributed by atoms with Crippen LogP contribution in [0.3, 0.4) is 0 Å². The summed E-state index contributed by atoms with van der Waals surface area (Å²) in [7, 11) is 0. The number of anilines is 1. The lowest BCUT2D eigenvalue weighted by Crippen LogP contribution is -2.33. The summed E-state index contributed by atoms with van der Waals surface area (Å²) in [5, 5.41) is 8.44. The van der Waals surface area contributed by atoms with Crippen LogP contribution in [0.15, 0.2) is 58.5 Å². The van der Waals surface area contributed by atoms with Crippen molar-refractivity contribution < 1.29 is 26.3 Å². The zero-order chi connectivity index (χ0) is 28.7. The number of nitrogens with one attached hydrogen (secondary N) is 2. The van der Waals surface area contributed by atoms with E-state index >= 15 is 0 Å². The molecule has 1 aliphatic carbocycles. The minimum Gasteiger partial charge on any atom is -0.380 e. The molecule has 0 saturated heterocycles. The van der Waals surface area contributed by atoms with Gasteiger partial charge in [-0.3, -0.25) is 14.6 Å². The first-order valence-corrected chi connectivity index (χ1v) is 12.4. The third-order valence-electron chi connectivity index (χ3n) is 6.92. The van der Waals surface area contributed by atoms with Crippen LogP contribution in [0.4, 0.5) is 32.0 Å². The molecular formula is C26H22F6N6O2. The molecule has 0 spiro atoms. The first-order chi connectivity index (χ1) is 18.9. The lowest BCUT2D eigenvalue weighted by molar-refractivity contribution is -0.138. The van der Waals surface area contributed by atoms with E-state index in [0.717, 1.165) is 24.9 Å². The number of halogens is 6. The first-order valence-electron chi connectivity index (χ1n) is 12.4. The first kappa shape index (κ1) is 27.3. The average Bonchev–Trinajstić information content (AvgIpc) is 2.89. The van der Waals surface area contributed by atoms with Crippen molar-refractivity contribution in [2.45, 2.75) is 50.6 Å². The molecule has 1 fully saturated rings. The standard InChI is InChI=1S/C26H22F6N6O2/c27-25(28,29)15-4-6-19(33-11-15)20-7-5-17-18(36-20)8-9-38(24(17)40)13-14-2-1-3-16(10-14)35-21-12-34-37-23(39)22(21)26(30,31)32/h4-9,11-12,14,16H,1-3,10,13H2,(H2,35,37,39)/t14-,16+/m1/s1. The van der Waals surface area contributed by atoms with Gasteiger partial charge in [-0.25, -0.2) is 10.1 Å². The van der Waals surface area contributed by atoms with Crippen molar-refractivity contribution >= 4 is 16.6 Å². The predicted octanol–water partition coefficient (Wildman–Crippen LogP) is 5.25. The van der Waals surface area contributed by atoms with Crippen molar-refractivity contribution in [3.63, 3.8) is 0 Å². The molecule has 2 atom stereocenters. The van der Waals surface area contributed by atoms with Crippen LogP contribution < -0.4 is 16.4 Å². The van der Waals surface area contributed by atoms with Gasteiger partial charge in [-0.05, 0) is 55.5 Å². The maximum absolute atomic E-state index is 13.4. The summed E-state index contributed by atoms with van der Waals surface area (Å²) in [6.07, 6.45) is -3.56. The van der Waals surface area contributed by atoms with E-state index in [4.69, 9.17) is 0 Å². The third-order valence-corrected chi connectivity index (χ3v) is 6.92. The highest BCUT2D eigenvalue weighted by molar-refractivity contribution is 5.80. The summed E-state index contributed by atoms with van der Waals surface area (Å²) in [6, 6.07) is 6.46. The Balaban J connectivity index is 1.32. The number of aromatic nitrogens is 5. The van der Waals surface area contributed by atoms with E-state index in [1.165, 1.54) is 16.7 Å². The molecule has 0 radical (unpaired) electrons. The van der Waals surface area contributed by atoms with Gasteiger partial charge < -0.3 is 9.88 Å². The molecule has 1 saturated carbocycles. The number of aromatic amines is 1. The molecule has 4 aromatic heterocycles. The Hall–Kier alpha value is -4.23. The molecule has 0 bridgehead atoms. The minimum atomic E-state index is -4.85. The highest BCUT2D eigenvalue weighted by Crippen LogP contribution is 2.34. The summed E-state index contributed by atoms with van der Waals surface area (Å²) >= 11 is 0. The van der Waals surface area contributed by atoms with Crippen LogP contribution >= 0.6 is 0 Å². The van der Waals surface area contributed by atoms with Crippen molar-refractivity contribution in [1.29, 1.82) is 0 Å². The lowest BCUT2D eigenvalue weighted by atomic mass is 9.85. The summed E-state index contributed by atoms with van der Waals surface area (Å²) in [6.45, 7) is 0.328. The molecule has 40 heavy (non-hydrogen) atoms. The van der Waals surface area contributed by atoms with E-state index in [-0.39, 0.29) is 28.9 Å². The summed E-state index contributed by atoms with van der Waals surface area (Å²) in [4.78, 5) is 33.2. The van der Waals surface area contributed by atoms with Gasteiger partial charge in [0.25, 0.3) is 11.1 Å². The Kier molecular flexibility index (Phi) is 7.10. The van der Waals surface area contributed by atoms with Crippen molar-refractivity contribution in [1.82, 2.24) is 24.7 Å². The number of pyridine rings is 3. The number of hydrogen-bond acceptors (Lipinski definition) is 6. The smallest absolute Gasteiger partial charge is 0.380 e. The molecule has 4 heterocycles. The molecule has 2 N–H and O–H groups in total. The van der Waals surface area contributed by atoms with Gasteiger partial charge in [0.2, 0.25) is 0 Å². The molecule has 0 aromatic carbocycles. The second kappa shape index (κ2) is 10.4. The van der Waals surface area contributed by atoms with Crippen LogP contribution in [0.5, 0.6) is 0 Å². The zero-order valence-electron chi connectivity index (χ0n) is 20.7. The molecule has 0 amide bonds. The molecule has 4 aromatic rings. The third kappa shape index (κ3) is 5.70. The largest absolute Gasteiger partial charge is 0.423 e. The fraction of sp³-hybridized carbons (Fsp3) is 0.346. The molecule has 14 heteroatoms. The van der Waals surface area contributed by atoms with Gasteiger partial charge >= 0.3 is 12.4 Å². The number of H-pyrrole nitrogens is 1. The highest BCUT2D eigenvalue weighted by atomic mass is 19.4. The van der Waals surface area contributed by atoms with Crippen molar-refractivity contribution in [3.8, 4) is 11.4 Å².